The minimum Gasteiger partial charge on any atom is -0.317 e. The lowest BCUT2D eigenvalue weighted by Crippen LogP contribution is -2.11. The number of aromatic nitrogens is 2. The van der Waals surface area contributed by atoms with Crippen molar-refractivity contribution in [2.75, 3.05) is 0 Å². The third-order valence-corrected chi connectivity index (χ3v) is 3.98. The molecule has 5 heteroatoms. The van der Waals surface area contributed by atoms with Crippen LogP contribution in [0.3, 0.4) is 0 Å². The maximum absolute atomic E-state index is 6.09. The van der Waals surface area contributed by atoms with E-state index in [9.17, 15) is 0 Å². The summed E-state index contributed by atoms with van der Waals surface area (Å²) in [4.78, 5) is 10.0. The summed E-state index contributed by atoms with van der Waals surface area (Å²) in [6, 6.07) is -0.166. The predicted molar refractivity (Wildman–Crippen MR) is 64.4 cm³/mol. The zero-order valence-electron chi connectivity index (χ0n) is 8.73. The van der Waals surface area contributed by atoms with E-state index in [-0.39, 0.29) is 6.04 Å². The van der Waals surface area contributed by atoms with Gasteiger partial charge in [0.15, 0.2) is 0 Å². The molecule has 0 aliphatic heterocycles. The number of hydrogen-bond donors (Lipinski definition) is 1. The van der Waals surface area contributed by atoms with Gasteiger partial charge in [0.05, 0.1) is 16.9 Å². The Hall–Kier alpha value is -0.780. The van der Waals surface area contributed by atoms with Gasteiger partial charge in [-0.3, -0.25) is 0 Å². The number of aryl methyl sites for hydroxylation is 2. The van der Waals surface area contributed by atoms with Crippen molar-refractivity contribution >= 4 is 22.7 Å². The Morgan fingerprint density at radius 1 is 1.53 bits per heavy atom. The maximum atomic E-state index is 6.09. The predicted octanol–water partition coefficient (Wildman–Crippen LogP) is 2.52. The van der Waals surface area contributed by atoms with Gasteiger partial charge in [-0.2, -0.15) is 0 Å². The van der Waals surface area contributed by atoms with Crippen LogP contribution in [0.1, 0.15) is 34.2 Å². The molecule has 0 aliphatic carbocycles. The Balaban J connectivity index is 2.30. The average molecular weight is 239 g/mol. The van der Waals surface area contributed by atoms with E-state index in [1.807, 2.05) is 5.38 Å². The Bertz CT molecular complexity index is 433. The topological polar surface area (TPSA) is 51.8 Å². The SMILES string of the molecule is CCc1nc(C(N)c2cscn2)sc1C. The molecule has 2 N–H and O–H groups in total. The summed E-state index contributed by atoms with van der Waals surface area (Å²) >= 11 is 3.24. The molecular weight excluding hydrogens is 226 g/mol. The molecule has 1 unspecified atom stereocenters. The van der Waals surface area contributed by atoms with E-state index < -0.39 is 0 Å². The van der Waals surface area contributed by atoms with E-state index in [1.165, 1.54) is 4.88 Å². The van der Waals surface area contributed by atoms with Crippen LogP contribution in [0, 0.1) is 6.92 Å². The van der Waals surface area contributed by atoms with Crippen molar-refractivity contribution in [3.8, 4) is 0 Å². The van der Waals surface area contributed by atoms with E-state index in [0.29, 0.717) is 0 Å². The van der Waals surface area contributed by atoms with Crippen LogP contribution in [0.5, 0.6) is 0 Å². The average Bonchev–Trinajstić information content (AvgIpc) is 2.85. The fourth-order valence-corrected chi connectivity index (χ4v) is 3.03. The number of nitrogens with zero attached hydrogens (tertiary/aromatic N) is 2. The molecule has 0 radical (unpaired) electrons. The summed E-state index contributed by atoms with van der Waals surface area (Å²) < 4.78 is 0. The number of hydrogen-bond acceptors (Lipinski definition) is 5. The molecule has 2 rings (SSSR count). The molecule has 0 saturated heterocycles. The number of thiazole rings is 2. The van der Waals surface area contributed by atoms with Crippen molar-refractivity contribution in [2.24, 2.45) is 5.73 Å². The quantitative estimate of drug-likeness (QED) is 0.895. The molecule has 0 aliphatic rings. The van der Waals surface area contributed by atoms with Gasteiger partial charge < -0.3 is 5.73 Å². The van der Waals surface area contributed by atoms with Crippen molar-refractivity contribution in [2.45, 2.75) is 26.3 Å². The number of rotatable bonds is 3. The minimum absolute atomic E-state index is 0.166. The summed E-state index contributed by atoms with van der Waals surface area (Å²) in [5.74, 6) is 0. The molecule has 0 spiro atoms. The highest BCUT2D eigenvalue weighted by Crippen LogP contribution is 2.26. The third-order valence-electron chi connectivity index (χ3n) is 2.28. The molecule has 2 heterocycles. The first-order valence-corrected chi connectivity index (χ1v) is 6.58. The first-order chi connectivity index (χ1) is 7.22. The van der Waals surface area contributed by atoms with Crippen LogP contribution in [-0.2, 0) is 6.42 Å². The van der Waals surface area contributed by atoms with Gasteiger partial charge in [0.1, 0.15) is 11.0 Å². The van der Waals surface area contributed by atoms with Gasteiger partial charge in [0.25, 0.3) is 0 Å². The fourth-order valence-electron chi connectivity index (χ4n) is 1.41. The normalized spacial score (nSPS) is 13.0. The zero-order valence-corrected chi connectivity index (χ0v) is 10.4. The lowest BCUT2D eigenvalue weighted by molar-refractivity contribution is 0.818. The second-order valence-corrected chi connectivity index (χ2v) is 5.25. The van der Waals surface area contributed by atoms with Crippen LogP contribution >= 0.6 is 22.7 Å². The largest absolute Gasteiger partial charge is 0.317 e. The Labute approximate surface area is 97.0 Å². The third kappa shape index (κ3) is 2.09. The first kappa shape index (κ1) is 10.7. The van der Waals surface area contributed by atoms with Gasteiger partial charge in [-0.15, -0.1) is 22.7 Å². The van der Waals surface area contributed by atoms with E-state index in [0.717, 1.165) is 22.8 Å². The zero-order chi connectivity index (χ0) is 10.8. The van der Waals surface area contributed by atoms with Gasteiger partial charge in [-0.25, -0.2) is 9.97 Å². The van der Waals surface area contributed by atoms with Crippen LogP contribution in [0.2, 0.25) is 0 Å². The van der Waals surface area contributed by atoms with Crippen LogP contribution < -0.4 is 5.73 Å². The molecule has 80 valence electrons. The summed E-state index contributed by atoms with van der Waals surface area (Å²) in [5, 5.41) is 2.95. The molecule has 3 nitrogen and oxygen atoms in total. The molecule has 0 saturated carbocycles. The van der Waals surface area contributed by atoms with Crippen LogP contribution in [0.15, 0.2) is 10.9 Å². The summed E-state index contributed by atoms with van der Waals surface area (Å²) in [6.45, 7) is 4.20. The highest BCUT2D eigenvalue weighted by Gasteiger charge is 2.16. The lowest BCUT2D eigenvalue weighted by atomic mass is 10.2. The van der Waals surface area contributed by atoms with Gasteiger partial charge in [0, 0.05) is 10.3 Å². The van der Waals surface area contributed by atoms with Crippen molar-refractivity contribution in [3.05, 3.63) is 32.2 Å². The minimum atomic E-state index is -0.166. The molecule has 0 amide bonds. The maximum Gasteiger partial charge on any atom is 0.116 e. The van der Waals surface area contributed by atoms with Gasteiger partial charge in [-0.05, 0) is 13.3 Å². The van der Waals surface area contributed by atoms with E-state index in [1.54, 1.807) is 28.2 Å². The van der Waals surface area contributed by atoms with E-state index in [4.69, 9.17) is 5.73 Å². The Morgan fingerprint density at radius 2 is 2.33 bits per heavy atom. The van der Waals surface area contributed by atoms with Crippen LogP contribution in [0.4, 0.5) is 0 Å². The highest BCUT2D eigenvalue weighted by atomic mass is 32.1. The molecule has 1 atom stereocenters. The van der Waals surface area contributed by atoms with Crippen LogP contribution in [0.25, 0.3) is 0 Å². The Morgan fingerprint density at radius 3 is 2.87 bits per heavy atom. The van der Waals surface area contributed by atoms with Gasteiger partial charge in [-0.1, -0.05) is 6.92 Å². The molecule has 2 aromatic rings. The van der Waals surface area contributed by atoms with Crippen LogP contribution in [-0.4, -0.2) is 9.97 Å². The molecule has 2 aromatic heterocycles. The molecule has 15 heavy (non-hydrogen) atoms. The second-order valence-electron chi connectivity index (χ2n) is 3.30. The van der Waals surface area contributed by atoms with Crippen molar-refractivity contribution in [1.29, 1.82) is 0 Å². The smallest absolute Gasteiger partial charge is 0.116 e. The lowest BCUT2D eigenvalue weighted by Gasteiger charge is -2.03. The second kappa shape index (κ2) is 4.38. The van der Waals surface area contributed by atoms with Gasteiger partial charge in [0.2, 0.25) is 0 Å². The molecule has 0 fully saturated rings. The standard InChI is InChI=1S/C10H13N3S2/c1-3-7-6(2)15-10(13-7)9(11)8-4-14-5-12-8/h4-5,9H,3,11H2,1-2H3. The summed E-state index contributed by atoms with van der Waals surface area (Å²) in [5.41, 5.74) is 9.96. The fraction of sp³-hybridized carbons (Fsp3) is 0.400. The summed E-state index contributed by atoms with van der Waals surface area (Å²) in [6.07, 6.45) is 0.964. The van der Waals surface area contributed by atoms with Gasteiger partial charge >= 0.3 is 0 Å². The molecule has 0 aromatic carbocycles. The van der Waals surface area contributed by atoms with Crippen molar-refractivity contribution in [3.63, 3.8) is 0 Å². The molecular formula is C10H13N3S2. The highest BCUT2D eigenvalue weighted by molar-refractivity contribution is 7.11. The number of nitrogens with two attached hydrogens (primary N) is 1. The summed E-state index contributed by atoms with van der Waals surface area (Å²) in [7, 11) is 0. The monoisotopic (exact) mass is 239 g/mol. The van der Waals surface area contributed by atoms with Crippen molar-refractivity contribution < 1.29 is 0 Å². The van der Waals surface area contributed by atoms with Crippen molar-refractivity contribution in [1.82, 2.24) is 9.97 Å². The molecule has 0 bridgehead atoms. The first-order valence-electron chi connectivity index (χ1n) is 4.82. The Kier molecular flexibility index (Phi) is 3.14. The van der Waals surface area contributed by atoms with E-state index in [2.05, 4.69) is 23.8 Å². The van der Waals surface area contributed by atoms with E-state index >= 15 is 0 Å².